The smallest absolute Gasteiger partial charge is 0.467 e. The van der Waals surface area contributed by atoms with Crippen LogP contribution in [0.5, 0.6) is 5.75 Å². The van der Waals surface area contributed by atoms with E-state index in [4.69, 9.17) is 4.74 Å². The number of halogens is 3. The highest BCUT2D eigenvalue weighted by Gasteiger charge is 2.31. The van der Waals surface area contributed by atoms with Crippen molar-refractivity contribution >= 4 is 32.7 Å². The first-order valence-corrected chi connectivity index (χ1v) is 11.8. The number of sulfonamides is 1. The van der Waals surface area contributed by atoms with Crippen LogP contribution in [0.25, 0.3) is 10.9 Å². The lowest BCUT2D eigenvalue weighted by molar-refractivity contribution is -0.274. The number of anilines is 1. The fourth-order valence-corrected chi connectivity index (χ4v) is 4.13. The molecule has 0 aliphatic carbocycles. The molecule has 0 saturated carbocycles. The first-order valence-electron chi connectivity index (χ1n) is 10.3. The Bertz CT molecular complexity index is 1300. The average Bonchev–Trinajstić information content (AvgIpc) is 2.79. The number of nitrogens with one attached hydrogen (secondary N) is 2. The Morgan fingerprint density at radius 3 is 2.31 bits per heavy atom. The molecule has 13 heteroatoms. The van der Waals surface area contributed by atoms with Gasteiger partial charge in [-0.1, -0.05) is 26.0 Å². The predicted molar refractivity (Wildman–Crippen MR) is 121 cm³/mol. The summed E-state index contributed by atoms with van der Waals surface area (Å²) < 4.78 is 73.2. The third kappa shape index (κ3) is 6.79. The lowest BCUT2D eigenvalue weighted by Crippen LogP contribution is -2.36. The standard InChI is InChI=1S/C22H23F3N4O5S/c1-13(2)19(21(30)33-3)29-20-16-6-4-5-7-17(16)27-18(28-20)12-26-35(31,32)15-10-8-14(9-11-15)34-22(23,24)25/h4-11,13,19,26H,12H2,1-3H3,(H,27,28,29)/t19-/m0/s1. The summed E-state index contributed by atoms with van der Waals surface area (Å²) in [7, 11) is -2.82. The summed E-state index contributed by atoms with van der Waals surface area (Å²) in [4.78, 5) is 20.7. The molecule has 0 aliphatic heterocycles. The quantitative estimate of drug-likeness (QED) is 0.418. The molecule has 3 aromatic rings. The second kappa shape index (κ2) is 10.4. The van der Waals surface area contributed by atoms with Gasteiger partial charge in [0, 0.05) is 5.39 Å². The molecule has 2 N–H and O–H groups in total. The van der Waals surface area contributed by atoms with Gasteiger partial charge >= 0.3 is 12.3 Å². The van der Waals surface area contributed by atoms with Gasteiger partial charge in [-0.05, 0) is 42.3 Å². The third-order valence-electron chi connectivity index (χ3n) is 4.85. The van der Waals surface area contributed by atoms with Gasteiger partial charge in [0.05, 0.1) is 24.1 Å². The molecule has 188 valence electrons. The Labute approximate surface area is 199 Å². The van der Waals surface area contributed by atoms with Crippen molar-refractivity contribution in [1.29, 1.82) is 0 Å². The number of carbonyl (C=O) groups excluding carboxylic acids is 1. The van der Waals surface area contributed by atoms with Crippen LogP contribution in [0.15, 0.2) is 53.4 Å². The van der Waals surface area contributed by atoms with Gasteiger partial charge in [0.2, 0.25) is 10.0 Å². The maximum absolute atomic E-state index is 12.6. The Hall–Kier alpha value is -3.45. The number of fused-ring (bicyclic) bond motifs is 1. The molecule has 3 rings (SSSR count). The highest BCUT2D eigenvalue weighted by Crippen LogP contribution is 2.25. The maximum atomic E-state index is 12.6. The number of para-hydroxylation sites is 1. The molecule has 0 aliphatic rings. The summed E-state index contributed by atoms with van der Waals surface area (Å²) in [6.07, 6.45) is -4.89. The summed E-state index contributed by atoms with van der Waals surface area (Å²) in [5.74, 6) is -0.734. The molecule has 0 saturated heterocycles. The van der Waals surface area contributed by atoms with Crippen molar-refractivity contribution in [3.63, 3.8) is 0 Å². The lowest BCUT2D eigenvalue weighted by Gasteiger charge is -2.21. The molecule has 0 unspecified atom stereocenters. The zero-order chi connectivity index (χ0) is 25.8. The van der Waals surface area contributed by atoms with E-state index in [-0.39, 0.29) is 23.2 Å². The Kier molecular flexibility index (Phi) is 7.80. The minimum absolute atomic E-state index is 0.110. The SMILES string of the molecule is COC(=O)[C@@H](Nc1nc(CNS(=O)(=O)c2ccc(OC(F)(F)F)cc2)nc2ccccc12)C(C)C. The summed E-state index contributed by atoms with van der Waals surface area (Å²) in [6, 6.07) is 10.0. The van der Waals surface area contributed by atoms with Crippen LogP contribution in [0, 0.1) is 5.92 Å². The Balaban J connectivity index is 1.84. The molecule has 9 nitrogen and oxygen atoms in total. The first-order chi connectivity index (χ1) is 16.4. The van der Waals surface area contributed by atoms with Crippen molar-refractivity contribution in [2.75, 3.05) is 12.4 Å². The molecular formula is C22H23F3N4O5S. The van der Waals surface area contributed by atoms with Crippen LogP contribution in [0.3, 0.4) is 0 Å². The molecule has 2 aromatic carbocycles. The van der Waals surface area contributed by atoms with E-state index in [0.717, 1.165) is 24.3 Å². The molecule has 0 bridgehead atoms. The van der Waals surface area contributed by atoms with Crippen molar-refractivity contribution in [1.82, 2.24) is 14.7 Å². The first kappa shape index (κ1) is 26.2. The number of hydrogen-bond acceptors (Lipinski definition) is 8. The number of esters is 1. The van der Waals surface area contributed by atoms with Crippen LogP contribution in [-0.2, 0) is 26.1 Å². The van der Waals surface area contributed by atoms with E-state index in [1.165, 1.54) is 7.11 Å². The number of rotatable bonds is 9. The van der Waals surface area contributed by atoms with E-state index in [9.17, 15) is 26.4 Å². The minimum Gasteiger partial charge on any atom is -0.467 e. The van der Waals surface area contributed by atoms with Crippen molar-refractivity contribution in [2.24, 2.45) is 5.92 Å². The van der Waals surface area contributed by atoms with E-state index >= 15 is 0 Å². The largest absolute Gasteiger partial charge is 0.573 e. The molecule has 0 amide bonds. The summed E-state index contributed by atoms with van der Waals surface area (Å²) in [5.41, 5.74) is 0.514. The number of aromatic nitrogens is 2. The van der Waals surface area contributed by atoms with Gasteiger partial charge in [-0.2, -0.15) is 0 Å². The number of carbonyl (C=O) groups is 1. The van der Waals surface area contributed by atoms with Crippen molar-refractivity contribution in [2.45, 2.75) is 37.7 Å². The Morgan fingerprint density at radius 2 is 1.71 bits per heavy atom. The number of methoxy groups -OCH3 is 1. The summed E-state index contributed by atoms with van der Waals surface area (Å²) in [5, 5.41) is 3.68. The normalized spacial score (nSPS) is 13.0. The van der Waals surface area contributed by atoms with Crippen LogP contribution >= 0.6 is 0 Å². The van der Waals surface area contributed by atoms with Gasteiger partial charge in [0.25, 0.3) is 0 Å². The highest BCUT2D eigenvalue weighted by molar-refractivity contribution is 7.89. The lowest BCUT2D eigenvalue weighted by atomic mass is 10.0. The van der Waals surface area contributed by atoms with E-state index in [1.807, 2.05) is 13.8 Å². The molecule has 35 heavy (non-hydrogen) atoms. The molecule has 1 aromatic heterocycles. The monoisotopic (exact) mass is 512 g/mol. The summed E-state index contributed by atoms with van der Waals surface area (Å²) >= 11 is 0. The van der Waals surface area contributed by atoms with Gasteiger partial charge in [0.1, 0.15) is 23.4 Å². The van der Waals surface area contributed by atoms with Gasteiger partial charge in [-0.25, -0.2) is 27.9 Å². The molecule has 0 fully saturated rings. The van der Waals surface area contributed by atoms with E-state index in [0.29, 0.717) is 16.7 Å². The number of alkyl halides is 3. The van der Waals surface area contributed by atoms with Crippen molar-refractivity contribution in [3.8, 4) is 5.75 Å². The van der Waals surface area contributed by atoms with Crippen LogP contribution in [0.2, 0.25) is 0 Å². The second-order valence-corrected chi connectivity index (χ2v) is 9.51. The van der Waals surface area contributed by atoms with E-state index < -0.39 is 34.1 Å². The minimum atomic E-state index is -4.89. The Morgan fingerprint density at radius 1 is 1.06 bits per heavy atom. The number of hydrogen-bond donors (Lipinski definition) is 2. The fraction of sp³-hybridized carbons (Fsp3) is 0.318. The van der Waals surface area contributed by atoms with E-state index in [2.05, 4.69) is 24.7 Å². The second-order valence-electron chi connectivity index (χ2n) is 7.74. The molecule has 1 atom stereocenters. The predicted octanol–water partition coefficient (Wildman–Crippen LogP) is 3.62. The van der Waals surface area contributed by atoms with E-state index in [1.54, 1.807) is 24.3 Å². The number of ether oxygens (including phenoxy) is 2. The molecule has 0 spiro atoms. The van der Waals surface area contributed by atoms with Gasteiger partial charge in [-0.3, -0.25) is 0 Å². The van der Waals surface area contributed by atoms with Crippen molar-refractivity contribution in [3.05, 3.63) is 54.4 Å². The van der Waals surface area contributed by atoms with Crippen LogP contribution in [0.1, 0.15) is 19.7 Å². The van der Waals surface area contributed by atoms with Gasteiger partial charge in [-0.15, -0.1) is 13.2 Å². The van der Waals surface area contributed by atoms with Crippen LogP contribution in [-0.4, -0.2) is 43.9 Å². The van der Waals surface area contributed by atoms with Crippen LogP contribution < -0.4 is 14.8 Å². The summed E-state index contributed by atoms with van der Waals surface area (Å²) in [6.45, 7) is 3.35. The number of nitrogens with zero attached hydrogens (tertiary/aromatic N) is 2. The fourth-order valence-electron chi connectivity index (χ4n) is 3.15. The number of benzene rings is 2. The van der Waals surface area contributed by atoms with Crippen molar-refractivity contribution < 1.29 is 35.9 Å². The average molecular weight is 513 g/mol. The maximum Gasteiger partial charge on any atom is 0.573 e. The van der Waals surface area contributed by atoms with Gasteiger partial charge < -0.3 is 14.8 Å². The highest BCUT2D eigenvalue weighted by atomic mass is 32.2. The third-order valence-corrected chi connectivity index (χ3v) is 6.27. The molecular weight excluding hydrogens is 489 g/mol. The van der Waals surface area contributed by atoms with Crippen LogP contribution in [0.4, 0.5) is 19.0 Å². The molecule has 1 heterocycles. The molecule has 0 radical (unpaired) electrons. The topological polar surface area (TPSA) is 120 Å². The van der Waals surface area contributed by atoms with Gasteiger partial charge in [0.15, 0.2) is 0 Å². The zero-order valence-corrected chi connectivity index (χ0v) is 19.8. The zero-order valence-electron chi connectivity index (χ0n) is 19.0.